The highest BCUT2D eigenvalue weighted by Gasteiger charge is 2.22. The number of carboxylic acid groups (broad SMARTS) is 1. The number of β-amino-alcohol motifs (C(OH)–C–C–N with tert-alkyl or cyclic N) is 1. The van der Waals surface area contributed by atoms with E-state index in [4.69, 9.17) is 14.3 Å². The normalized spacial score (nSPS) is 16.1. The zero-order valence-corrected chi connectivity index (χ0v) is 15.9. The van der Waals surface area contributed by atoms with Crippen LogP contribution in [-0.4, -0.2) is 76.5 Å². The van der Waals surface area contributed by atoms with Gasteiger partial charge in [-0.15, -0.1) is 0 Å². The molecule has 4 rings (SSSR count). The van der Waals surface area contributed by atoms with Crippen LogP contribution in [0.3, 0.4) is 0 Å². The molecule has 3 aromatic rings. The summed E-state index contributed by atoms with van der Waals surface area (Å²) in [5.41, 5.74) is 2.28. The second kappa shape index (κ2) is 8.50. The Kier molecular flexibility index (Phi) is 5.64. The van der Waals surface area contributed by atoms with Crippen molar-refractivity contribution in [1.82, 2.24) is 14.8 Å². The first-order valence-electron chi connectivity index (χ1n) is 9.55. The van der Waals surface area contributed by atoms with Gasteiger partial charge in [0.1, 0.15) is 24.0 Å². The Morgan fingerprint density at radius 2 is 1.90 bits per heavy atom. The molecule has 8 nitrogen and oxygen atoms in total. The van der Waals surface area contributed by atoms with Crippen LogP contribution in [0.2, 0.25) is 0 Å². The summed E-state index contributed by atoms with van der Waals surface area (Å²) < 4.78 is 11.5. The van der Waals surface area contributed by atoms with Crippen molar-refractivity contribution in [3.05, 3.63) is 48.5 Å². The van der Waals surface area contributed by atoms with E-state index in [1.807, 2.05) is 41.3 Å². The molecule has 0 radical (unpaired) electrons. The van der Waals surface area contributed by atoms with Crippen molar-refractivity contribution < 1.29 is 24.2 Å². The van der Waals surface area contributed by atoms with E-state index in [-0.39, 0.29) is 6.61 Å². The fourth-order valence-electron chi connectivity index (χ4n) is 3.37. The van der Waals surface area contributed by atoms with Gasteiger partial charge in [0.25, 0.3) is 0 Å². The highest BCUT2D eigenvalue weighted by molar-refractivity contribution is 5.77. The van der Waals surface area contributed by atoms with Gasteiger partial charge in [0.15, 0.2) is 5.58 Å². The van der Waals surface area contributed by atoms with Crippen LogP contribution in [0, 0.1) is 0 Å². The number of aromatic nitrogens is 1. The number of hydrogen-bond donors (Lipinski definition) is 2. The van der Waals surface area contributed by atoms with Crippen LogP contribution in [0.15, 0.2) is 52.9 Å². The highest BCUT2D eigenvalue weighted by atomic mass is 16.5. The molecule has 1 unspecified atom stereocenters. The molecule has 2 N–H and O–H groups in total. The molecule has 0 bridgehead atoms. The fourth-order valence-corrected chi connectivity index (χ4v) is 3.37. The number of oxazole rings is 1. The molecule has 2 heterocycles. The number of amides is 1. The molecule has 1 aliphatic heterocycles. The zero-order chi connectivity index (χ0) is 20.2. The summed E-state index contributed by atoms with van der Waals surface area (Å²) in [7, 11) is 0. The van der Waals surface area contributed by atoms with Gasteiger partial charge in [0.05, 0.1) is 0 Å². The van der Waals surface area contributed by atoms with E-state index in [1.54, 1.807) is 12.1 Å². The van der Waals surface area contributed by atoms with Gasteiger partial charge in [0, 0.05) is 44.4 Å². The Morgan fingerprint density at radius 1 is 1.14 bits per heavy atom. The third kappa shape index (κ3) is 4.67. The molecule has 8 heteroatoms. The molecule has 1 aromatic heterocycles. The number of rotatable bonds is 6. The van der Waals surface area contributed by atoms with Gasteiger partial charge in [0.2, 0.25) is 5.89 Å². The molecule has 1 amide bonds. The molecule has 2 aromatic carbocycles. The minimum absolute atomic E-state index is 0.147. The van der Waals surface area contributed by atoms with Crippen LogP contribution in [0.1, 0.15) is 0 Å². The number of aliphatic hydroxyl groups excluding tert-OH is 1. The number of benzene rings is 2. The molecule has 152 valence electrons. The average Bonchev–Trinajstić information content (AvgIpc) is 3.17. The lowest BCUT2D eigenvalue weighted by Gasteiger charge is -2.34. The SMILES string of the molecule is O=C(O)N1CCN(CC(O)COc2ccc3oc(-c4ccccc4)nc3c2)CC1. The van der Waals surface area contributed by atoms with Gasteiger partial charge in [-0.3, -0.25) is 4.90 Å². The number of piperazine rings is 1. The van der Waals surface area contributed by atoms with E-state index in [2.05, 4.69) is 4.98 Å². The van der Waals surface area contributed by atoms with Gasteiger partial charge >= 0.3 is 6.09 Å². The van der Waals surface area contributed by atoms with Gasteiger partial charge < -0.3 is 24.3 Å². The van der Waals surface area contributed by atoms with Crippen LogP contribution in [-0.2, 0) is 0 Å². The van der Waals surface area contributed by atoms with Crippen molar-refractivity contribution in [3.8, 4) is 17.2 Å². The maximum absolute atomic E-state index is 10.9. The van der Waals surface area contributed by atoms with Gasteiger partial charge in [-0.25, -0.2) is 9.78 Å². The summed E-state index contributed by atoms with van der Waals surface area (Å²) in [5.74, 6) is 1.17. The largest absolute Gasteiger partial charge is 0.491 e. The average molecular weight is 397 g/mol. The number of carbonyl (C=O) groups is 1. The molecule has 0 aliphatic carbocycles. The van der Waals surface area contributed by atoms with Crippen molar-refractivity contribution in [2.24, 2.45) is 0 Å². The number of fused-ring (bicyclic) bond motifs is 1. The number of aliphatic hydroxyl groups is 1. The predicted molar refractivity (Wildman–Crippen MR) is 107 cm³/mol. The van der Waals surface area contributed by atoms with Crippen molar-refractivity contribution in [2.45, 2.75) is 6.10 Å². The molecule has 1 saturated heterocycles. The number of nitrogens with zero attached hydrogens (tertiary/aromatic N) is 3. The van der Waals surface area contributed by atoms with E-state index in [0.717, 1.165) is 5.56 Å². The van der Waals surface area contributed by atoms with E-state index in [0.29, 0.717) is 55.5 Å². The van der Waals surface area contributed by atoms with E-state index >= 15 is 0 Å². The lowest BCUT2D eigenvalue weighted by Crippen LogP contribution is -2.50. The maximum Gasteiger partial charge on any atom is 0.407 e. The predicted octanol–water partition coefficient (Wildman–Crippen LogP) is 2.53. The third-order valence-corrected chi connectivity index (χ3v) is 4.93. The zero-order valence-electron chi connectivity index (χ0n) is 15.9. The van der Waals surface area contributed by atoms with Gasteiger partial charge in [-0.2, -0.15) is 0 Å². The monoisotopic (exact) mass is 397 g/mol. The quantitative estimate of drug-likeness (QED) is 0.659. The Bertz CT molecular complexity index is 967. The van der Waals surface area contributed by atoms with Crippen molar-refractivity contribution in [2.75, 3.05) is 39.3 Å². The molecule has 0 saturated carbocycles. The third-order valence-electron chi connectivity index (χ3n) is 4.93. The first kappa shape index (κ1) is 19.2. The second-order valence-electron chi connectivity index (χ2n) is 7.05. The molecular formula is C21H23N3O5. The van der Waals surface area contributed by atoms with Crippen LogP contribution in [0.25, 0.3) is 22.6 Å². The van der Waals surface area contributed by atoms with Crippen LogP contribution in [0.5, 0.6) is 5.75 Å². The topological polar surface area (TPSA) is 99.3 Å². The summed E-state index contributed by atoms with van der Waals surface area (Å²) in [5, 5.41) is 19.3. The van der Waals surface area contributed by atoms with E-state index in [9.17, 15) is 9.90 Å². The van der Waals surface area contributed by atoms with Crippen LogP contribution >= 0.6 is 0 Å². The van der Waals surface area contributed by atoms with Gasteiger partial charge in [-0.05, 0) is 24.3 Å². The lowest BCUT2D eigenvalue weighted by molar-refractivity contribution is 0.0464. The second-order valence-corrected chi connectivity index (χ2v) is 7.05. The smallest absolute Gasteiger partial charge is 0.407 e. The molecule has 1 atom stereocenters. The first-order chi connectivity index (χ1) is 14.1. The summed E-state index contributed by atoms with van der Waals surface area (Å²) >= 11 is 0. The minimum Gasteiger partial charge on any atom is -0.491 e. The molecule has 0 spiro atoms. The lowest BCUT2D eigenvalue weighted by atomic mass is 10.2. The Balaban J connectivity index is 1.32. The fraction of sp³-hybridized carbons (Fsp3) is 0.333. The van der Waals surface area contributed by atoms with E-state index in [1.165, 1.54) is 4.90 Å². The standard InChI is InChI=1S/C21H23N3O5/c25-16(13-23-8-10-24(11-9-23)21(26)27)14-28-17-6-7-19-18(12-17)22-20(29-19)15-4-2-1-3-5-15/h1-7,12,16,25H,8-11,13-14H2,(H,26,27). The number of ether oxygens (including phenoxy) is 1. The highest BCUT2D eigenvalue weighted by Crippen LogP contribution is 2.26. The Hall–Kier alpha value is -3.10. The minimum atomic E-state index is -0.896. The maximum atomic E-state index is 10.9. The molecule has 29 heavy (non-hydrogen) atoms. The van der Waals surface area contributed by atoms with Crippen molar-refractivity contribution in [1.29, 1.82) is 0 Å². The summed E-state index contributed by atoms with van der Waals surface area (Å²) in [4.78, 5) is 18.9. The molecule has 1 aliphatic rings. The molecule has 1 fully saturated rings. The summed E-state index contributed by atoms with van der Waals surface area (Å²) in [6, 6.07) is 15.1. The summed E-state index contributed by atoms with van der Waals surface area (Å²) in [6.07, 6.45) is -1.56. The summed E-state index contributed by atoms with van der Waals surface area (Å²) in [6.45, 7) is 2.71. The Morgan fingerprint density at radius 3 is 2.62 bits per heavy atom. The van der Waals surface area contributed by atoms with Gasteiger partial charge in [-0.1, -0.05) is 18.2 Å². The van der Waals surface area contributed by atoms with Crippen LogP contribution in [0.4, 0.5) is 4.79 Å². The molecular weight excluding hydrogens is 374 g/mol. The first-order valence-corrected chi connectivity index (χ1v) is 9.55. The Labute approximate surface area is 167 Å². The van der Waals surface area contributed by atoms with Crippen molar-refractivity contribution in [3.63, 3.8) is 0 Å². The van der Waals surface area contributed by atoms with Crippen molar-refractivity contribution >= 4 is 17.2 Å². The van der Waals surface area contributed by atoms with Crippen LogP contribution < -0.4 is 4.74 Å². The van der Waals surface area contributed by atoms with E-state index < -0.39 is 12.2 Å². The number of hydrogen-bond acceptors (Lipinski definition) is 6.